The van der Waals surface area contributed by atoms with Crippen LogP contribution in [0.5, 0.6) is 0 Å². The number of anilines is 1. The largest absolute Gasteiger partial charge is 0.444 e. The van der Waals surface area contributed by atoms with Crippen molar-refractivity contribution >= 4 is 29.6 Å². The molecule has 2 aromatic rings. The van der Waals surface area contributed by atoms with Crippen molar-refractivity contribution in [3.05, 3.63) is 65.7 Å². The van der Waals surface area contributed by atoms with Crippen molar-refractivity contribution in [2.45, 2.75) is 58.6 Å². The van der Waals surface area contributed by atoms with Crippen molar-refractivity contribution in [3.63, 3.8) is 0 Å². The molecular weight excluding hydrogens is 478 g/mol. The van der Waals surface area contributed by atoms with Gasteiger partial charge in [0.15, 0.2) is 0 Å². The zero-order valence-electron chi connectivity index (χ0n) is 21.2. The SMILES string of the molecule is CC(=O)OC1OCCC1NC(=O)[C@H](CC(C)C)NC(=O)c1ccc(NC(=O)OCc2ccccc2)cc1. The molecule has 0 saturated carbocycles. The van der Waals surface area contributed by atoms with Crippen LogP contribution >= 0.6 is 0 Å². The highest BCUT2D eigenvalue weighted by Crippen LogP contribution is 2.17. The van der Waals surface area contributed by atoms with Crippen LogP contribution in [0.4, 0.5) is 10.5 Å². The topological polar surface area (TPSA) is 132 Å². The fourth-order valence-electron chi connectivity index (χ4n) is 3.79. The van der Waals surface area contributed by atoms with Gasteiger partial charge in [-0.25, -0.2) is 4.79 Å². The summed E-state index contributed by atoms with van der Waals surface area (Å²) in [6.45, 7) is 5.66. The van der Waals surface area contributed by atoms with Gasteiger partial charge in [0.05, 0.1) is 12.6 Å². The maximum absolute atomic E-state index is 13.0. The zero-order valence-corrected chi connectivity index (χ0v) is 21.2. The van der Waals surface area contributed by atoms with Gasteiger partial charge in [-0.1, -0.05) is 44.2 Å². The number of rotatable bonds is 10. The number of hydrogen-bond acceptors (Lipinski definition) is 7. The molecule has 10 heteroatoms. The third kappa shape index (κ3) is 8.91. The van der Waals surface area contributed by atoms with Crippen molar-refractivity contribution in [1.29, 1.82) is 0 Å². The van der Waals surface area contributed by atoms with Crippen molar-refractivity contribution in [2.24, 2.45) is 5.92 Å². The summed E-state index contributed by atoms with van der Waals surface area (Å²) in [5, 5.41) is 8.23. The second-order valence-electron chi connectivity index (χ2n) is 9.17. The van der Waals surface area contributed by atoms with Crippen LogP contribution in [0.15, 0.2) is 54.6 Å². The van der Waals surface area contributed by atoms with E-state index in [1.54, 1.807) is 24.3 Å². The van der Waals surface area contributed by atoms with Gasteiger partial charge in [0.25, 0.3) is 5.91 Å². The molecule has 10 nitrogen and oxygen atoms in total. The Bertz CT molecular complexity index is 1070. The van der Waals surface area contributed by atoms with Crippen LogP contribution in [0.25, 0.3) is 0 Å². The van der Waals surface area contributed by atoms with Crippen LogP contribution in [0, 0.1) is 5.92 Å². The van der Waals surface area contributed by atoms with Gasteiger partial charge in [0.2, 0.25) is 12.2 Å². The van der Waals surface area contributed by atoms with E-state index in [1.807, 2.05) is 44.2 Å². The number of nitrogens with one attached hydrogen (secondary N) is 3. The van der Waals surface area contributed by atoms with Crippen molar-refractivity contribution in [1.82, 2.24) is 10.6 Å². The van der Waals surface area contributed by atoms with E-state index >= 15 is 0 Å². The highest BCUT2D eigenvalue weighted by Gasteiger charge is 2.34. The average Bonchev–Trinajstić information content (AvgIpc) is 3.28. The summed E-state index contributed by atoms with van der Waals surface area (Å²) < 4.78 is 15.7. The first kappa shape index (κ1) is 27.7. The van der Waals surface area contributed by atoms with Crippen molar-refractivity contribution in [3.8, 4) is 0 Å². The highest BCUT2D eigenvalue weighted by molar-refractivity contribution is 5.98. The van der Waals surface area contributed by atoms with Gasteiger partial charge >= 0.3 is 12.1 Å². The molecule has 0 spiro atoms. The van der Waals surface area contributed by atoms with E-state index in [4.69, 9.17) is 14.2 Å². The first-order valence-electron chi connectivity index (χ1n) is 12.2. The van der Waals surface area contributed by atoms with Crippen LogP contribution in [0.3, 0.4) is 0 Å². The van der Waals surface area contributed by atoms with Gasteiger partial charge in [0, 0.05) is 18.2 Å². The minimum Gasteiger partial charge on any atom is -0.444 e. The molecule has 0 aromatic heterocycles. The van der Waals surface area contributed by atoms with Gasteiger partial charge in [-0.3, -0.25) is 19.7 Å². The lowest BCUT2D eigenvalue weighted by Gasteiger charge is -2.24. The quantitative estimate of drug-likeness (QED) is 0.417. The first-order valence-corrected chi connectivity index (χ1v) is 12.2. The number of ether oxygens (including phenoxy) is 3. The van der Waals surface area contributed by atoms with Gasteiger partial charge in [-0.05, 0) is 48.6 Å². The van der Waals surface area contributed by atoms with Crippen LogP contribution in [0.1, 0.15) is 49.5 Å². The number of amides is 3. The number of esters is 1. The lowest BCUT2D eigenvalue weighted by Crippen LogP contribution is -2.52. The second kappa shape index (κ2) is 13.4. The molecular formula is C27H33N3O7. The van der Waals surface area contributed by atoms with Crippen LogP contribution in [-0.4, -0.2) is 48.9 Å². The standard InChI is InChI=1S/C27H33N3O7/c1-17(2)15-23(25(33)29-22-13-14-35-26(22)37-18(3)31)30-24(32)20-9-11-21(12-10-20)28-27(34)36-16-19-7-5-4-6-8-19/h4-12,17,22-23,26H,13-16H2,1-3H3,(H,28,34)(H,29,33)(H,30,32)/t22?,23-,26?/m0/s1. The molecule has 1 aliphatic heterocycles. The predicted octanol–water partition coefficient (Wildman–Crippen LogP) is 3.37. The van der Waals surface area contributed by atoms with Crippen LogP contribution < -0.4 is 16.0 Å². The third-order valence-corrected chi connectivity index (χ3v) is 5.58. The Morgan fingerprint density at radius 3 is 2.38 bits per heavy atom. The molecule has 1 heterocycles. The minimum atomic E-state index is -0.851. The van der Waals surface area contributed by atoms with E-state index in [0.29, 0.717) is 30.7 Å². The molecule has 3 rings (SSSR count). The molecule has 0 radical (unpaired) electrons. The van der Waals surface area contributed by atoms with Gasteiger partial charge in [-0.2, -0.15) is 0 Å². The lowest BCUT2D eigenvalue weighted by molar-refractivity contribution is -0.170. The Kier molecular flexibility index (Phi) is 10.0. The van der Waals surface area contributed by atoms with Gasteiger partial charge in [0.1, 0.15) is 12.6 Å². The van der Waals surface area contributed by atoms with E-state index in [2.05, 4.69) is 16.0 Å². The molecule has 0 bridgehead atoms. The van der Waals surface area contributed by atoms with E-state index < -0.39 is 36.3 Å². The molecule has 198 valence electrons. The molecule has 37 heavy (non-hydrogen) atoms. The van der Waals surface area contributed by atoms with E-state index in [9.17, 15) is 19.2 Å². The maximum atomic E-state index is 13.0. The van der Waals surface area contributed by atoms with Crippen LogP contribution in [0.2, 0.25) is 0 Å². The van der Waals surface area contributed by atoms with E-state index in [1.165, 1.54) is 6.92 Å². The molecule has 3 atom stereocenters. The summed E-state index contributed by atoms with van der Waals surface area (Å²) in [6, 6.07) is 14.3. The Morgan fingerprint density at radius 2 is 1.73 bits per heavy atom. The Morgan fingerprint density at radius 1 is 1.03 bits per heavy atom. The van der Waals surface area contributed by atoms with Crippen LogP contribution in [-0.2, 0) is 30.4 Å². The number of hydrogen-bond donors (Lipinski definition) is 3. The normalized spacial score (nSPS) is 17.5. The third-order valence-electron chi connectivity index (χ3n) is 5.58. The smallest absolute Gasteiger partial charge is 0.411 e. The summed E-state index contributed by atoms with van der Waals surface area (Å²) in [6.07, 6.45) is -0.557. The molecule has 2 unspecified atom stereocenters. The number of benzene rings is 2. The molecule has 3 amide bonds. The van der Waals surface area contributed by atoms with Gasteiger partial charge < -0.3 is 24.8 Å². The Labute approximate surface area is 216 Å². The van der Waals surface area contributed by atoms with E-state index in [0.717, 1.165) is 5.56 Å². The van der Waals surface area contributed by atoms with Gasteiger partial charge in [-0.15, -0.1) is 0 Å². The summed E-state index contributed by atoms with van der Waals surface area (Å²) in [7, 11) is 0. The summed E-state index contributed by atoms with van der Waals surface area (Å²) in [5.41, 5.74) is 1.66. The highest BCUT2D eigenvalue weighted by atomic mass is 16.7. The molecule has 0 aliphatic carbocycles. The second-order valence-corrected chi connectivity index (χ2v) is 9.17. The predicted molar refractivity (Wildman–Crippen MR) is 135 cm³/mol. The van der Waals surface area contributed by atoms with Crippen molar-refractivity contribution < 1.29 is 33.4 Å². The molecule has 1 fully saturated rings. The van der Waals surface area contributed by atoms with E-state index in [-0.39, 0.29) is 18.4 Å². The monoisotopic (exact) mass is 511 g/mol. The number of carbonyl (C=O) groups is 4. The minimum absolute atomic E-state index is 0.133. The molecule has 3 N–H and O–H groups in total. The Hall–Kier alpha value is -3.92. The molecule has 1 saturated heterocycles. The van der Waals surface area contributed by atoms with Crippen molar-refractivity contribution in [2.75, 3.05) is 11.9 Å². The fourth-order valence-corrected chi connectivity index (χ4v) is 3.79. The lowest BCUT2D eigenvalue weighted by atomic mass is 10.0. The zero-order chi connectivity index (χ0) is 26.8. The summed E-state index contributed by atoms with van der Waals surface area (Å²) in [5.74, 6) is -1.18. The fraction of sp³-hybridized carbons (Fsp3) is 0.407. The Balaban J connectivity index is 1.55. The average molecular weight is 512 g/mol. The molecule has 1 aliphatic rings. The number of carbonyl (C=O) groups excluding carboxylic acids is 4. The maximum Gasteiger partial charge on any atom is 0.411 e. The summed E-state index contributed by atoms with van der Waals surface area (Å²) >= 11 is 0. The molecule has 2 aromatic carbocycles. The first-order chi connectivity index (χ1) is 17.7. The summed E-state index contributed by atoms with van der Waals surface area (Å²) in [4.78, 5) is 49.2.